The van der Waals surface area contributed by atoms with Gasteiger partial charge in [-0.3, -0.25) is 9.59 Å². The van der Waals surface area contributed by atoms with Gasteiger partial charge in [0.25, 0.3) is 0 Å². The lowest BCUT2D eigenvalue weighted by Crippen LogP contribution is -2.52. The Kier molecular flexibility index (Phi) is 6.64. The number of nitrogens with zero attached hydrogens (tertiary/aromatic N) is 1. The molecule has 2 aromatic carbocycles. The van der Waals surface area contributed by atoms with Crippen LogP contribution in [0.4, 0.5) is 0 Å². The molecule has 39 heavy (non-hydrogen) atoms. The molecule has 6 atom stereocenters. The fourth-order valence-corrected chi connectivity index (χ4v) is 5.76. The zero-order chi connectivity index (χ0) is 28.4. The highest BCUT2D eigenvalue weighted by atomic mass is 16.7. The summed E-state index contributed by atoms with van der Waals surface area (Å²) in [5.41, 5.74) is 3.14. The van der Waals surface area contributed by atoms with Gasteiger partial charge in [-0.15, -0.1) is 0 Å². The van der Waals surface area contributed by atoms with Gasteiger partial charge in [0.1, 0.15) is 22.8 Å². The number of methoxy groups -OCH3 is 1. The first-order valence-electron chi connectivity index (χ1n) is 12.5. The van der Waals surface area contributed by atoms with Crippen molar-refractivity contribution in [3.8, 4) is 17.2 Å². The van der Waals surface area contributed by atoms with Crippen LogP contribution in [-0.2, 0) is 15.9 Å². The fraction of sp³-hybridized carbons (Fsp3) is 0.444. The lowest BCUT2D eigenvalue weighted by molar-refractivity contribution is -0.245. The quantitative estimate of drug-likeness (QED) is 0.120. The van der Waals surface area contributed by atoms with E-state index < -0.39 is 70.4 Å². The Morgan fingerprint density at radius 3 is 2.49 bits per heavy atom. The predicted octanol–water partition coefficient (Wildman–Crippen LogP) is 1.29. The second-order valence-corrected chi connectivity index (χ2v) is 10.3. The zero-order valence-corrected chi connectivity index (χ0v) is 21.5. The van der Waals surface area contributed by atoms with Crippen LogP contribution < -0.4 is 10.5 Å². The zero-order valence-electron chi connectivity index (χ0n) is 21.5. The summed E-state index contributed by atoms with van der Waals surface area (Å²) in [7, 11) is 1.34. The maximum absolute atomic E-state index is 13.7. The molecular formula is C27H30N2O10. The summed E-state index contributed by atoms with van der Waals surface area (Å²) >= 11 is 0. The van der Waals surface area contributed by atoms with E-state index in [1.807, 2.05) is 0 Å². The van der Waals surface area contributed by atoms with Crippen molar-refractivity contribution in [2.24, 2.45) is 10.9 Å². The molecule has 0 saturated carbocycles. The van der Waals surface area contributed by atoms with Crippen LogP contribution in [0.25, 0.3) is 0 Å². The molecule has 1 aliphatic heterocycles. The summed E-state index contributed by atoms with van der Waals surface area (Å²) in [6, 6.07) is 3.77. The average Bonchev–Trinajstić information content (AvgIpc) is 2.90. The summed E-state index contributed by atoms with van der Waals surface area (Å²) < 4.78 is 17.2. The third-order valence-corrected chi connectivity index (χ3v) is 7.97. The van der Waals surface area contributed by atoms with Gasteiger partial charge in [0.2, 0.25) is 5.78 Å². The third kappa shape index (κ3) is 4.07. The Morgan fingerprint density at radius 2 is 1.85 bits per heavy atom. The van der Waals surface area contributed by atoms with Gasteiger partial charge < -0.3 is 45.6 Å². The molecule has 0 bridgehead atoms. The van der Waals surface area contributed by atoms with Gasteiger partial charge in [0.15, 0.2) is 12.1 Å². The summed E-state index contributed by atoms with van der Waals surface area (Å²) in [4.78, 5) is 27.2. The summed E-state index contributed by atoms with van der Waals surface area (Å²) in [5.74, 6) is -2.51. The number of aliphatic hydroxyl groups excluding tert-OH is 1. The number of ether oxygens (including phenoxy) is 3. The van der Waals surface area contributed by atoms with E-state index in [1.54, 1.807) is 6.92 Å². The molecule has 1 fully saturated rings. The van der Waals surface area contributed by atoms with E-state index in [1.165, 1.54) is 32.2 Å². The van der Waals surface area contributed by atoms with Crippen molar-refractivity contribution in [2.45, 2.75) is 69.4 Å². The van der Waals surface area contributed by atoms with Crippen LogP contribution in [0, 0.1) is 0 Å². The number of carbonyl (C=O) groups is 2. The number of ketones is 2. The van der Waals surface area contributed by atoms with Crippen molar-refractivity contribution in [2.75, 3.05) is 7.11 Å². The molecule has 1 heterocycles. The number of oxime groups is 1. The third-order valence-electron chi connectivity index (χ3n) is 7.97. The highest BCUT2D eigenvalue weighted by Gasteiger charge is 2.49. The maximum atomic E-state index is 13.7. The SMILES string of the molecule is COc1cccc2c1C(=O)c1c(O)c3c(c(O)c1C2=O)C[C@@](O)(/C(C)=N/O)C[C@@H]3O[C@H]1C[C@H](N)[C@H](O)[C@H](C)O1. The van der Waals surface area contributed by atoms with Crippen LogP contribution in [0.3, 0.4) is 0 Å². The number of phenolic OH excluding ortho intramolecular Hbond substituents is 2. The number of aliphatic hydroxyl groups is 2. The normalized spacial score (nSPS) is 30.4. The molecule has 5 rings (SSSR count). The number of phenols is 2. The van der Waals surface area contributed by atoms with Crippen molar-refractivity contribution in [1.29, 1.82) is 0 Å². The monoisotopic (exact) mass is 542 g/mol. The van der Waals surface area contributed by atoms with Crippen molar-refractivity contribution >= 4 is 17.3 Å². The van der Waals surface area contributed by atoms with Gasteiger partial charge in [0, 0.05) is 42.0 Å². The van der Waals surface area contributed by atoms with Crippen molar-refractivity contribution in [3.05, 3.63) is 51.6 Å². The Morgan fingerprint density at radius 1 is 1.15 bits per heavy atom. The molecule has 0 spiro atoms. The van der Waals surface area contributed by atoms with E-state index in [9.17, 15) is 35.2 Å². The van der Waals surface area contributed by atoms with Gasteiger partial charge in [-0.2, -0.15) is 0 Å². The van der Waals surface area contributed by atoms with E-state index in [0.29, 0.717) is 0 Å². The Labute approximate surface area is 223 Å². The van der Waals surface area contributed by atoms with Crippen molar-refractivity contribution in [3.63, 3.8) is 0 Å². The largest absolute Gasteiger partial charge is 0.507 e. The smallest absolute Gasteiger partial charge is 0.202 e. The number of hydrogen-bond donors (Lipinski definition) is 6. The average molecular weight is 543 g/mol. The van der Waals surface area contributed by atoms with E-state index >= 15 is 0 Å². The molecule has 3 aliphatic rings. The number of fused-ring (bicyclic) bond motifs is 3. The van der Waals surface area contributed by atoms with Gasteiger partial charge in [-0.25, -0.2) is 0 Å². The second kappa shape index (κ2) is 9.57. The number of benzene rings is 2. The van der Waals surface area contributed by atoms with E-state index in [4.69, 9.17) is 19.9 Å². The van der Waals surface area contributed by atoms with E-state index in [2.05, 4.69) is 5.16 Å². The number of carbonyl (C=O) groups excluding carboxylic acids is 2. The Bertz CT molecular complexity index is 1390. The van der Waals surface area contributed by atoms with Crippen LogP contribution in [0.1, 0.15) is 75.8 Å². The van der Waals surface area contributed by atoms with Crippen molar-refractivity contribution in [1.82, 2.24) is 0 Å². The van der Waals surface area contributed by atoms with Crippen LogP contribution in [0.2, 0.25) is 0 Å². The van der Waals surface area contributed by atoms with E-state index in [-0.39, 0.29) is 53.0 Å². The Balaban J connectivity index is 1.69. The first kappa shape index (κ1) is 27.0. The predicted molar refractivity (Wildman–Crippen MR) is 135 cm³/mol. The standard InChI is InChI=1S/C27H30N2O10/c1-10-22(30)14(28)7-17(38-10)39-16-9-27(35,11(2)29-36)8-13-19(16)26(34)21-20(24(13)32)23(31)12-5-4-6-15(37-3)18(12)25(21)33/h4-6,10,14,16-17,22,30,32,34-36H,7-9,28H2,1-3H3/b29-11+/t10-,14-,16-,17-,22+,27-/m0/s1. The van der Waals surface area contributed by atoms with Crippen molar-refractivity contribution < 1.29 is 49.4 Å². The first-order valence-corrected chi connectivity index (χ1v) is 12.5. The molecule has 12 heteroatoms. The lowest BCUT2D eigenvalue weighted by Gasteiger charge is -2.42. The van der Waals surface area contributed by atoms with Crippen LogP contribution in [0.15, 0.2) is 23.4 Å². The highest BCUT2D eigenvalue weighted by Crippen LogP contribution is 2.52. The van der Waals surface area contributed by atoms with Gasteiger partial charge in [-0.05, 0) is 19.9 Å². The molecule has 7 N–H and O–H groups in total. The minimum Gasteiger partial charge on any atom is -0.507 e. The second-order valence-electron chi connectivity index (χ2n) is 10.3. The topological polar surface area (TPSA) is 201 Å². The molecule has 0 aromatic heterocycles. The molecule has 1 saturated heterocycles. The minimum atomic E-state index is -1.85. The summed E-state index contributed by atoms with van der Waals surface area (Å²) in [5, 5.41) is 57.1. The molecule has 208 valence electrons. The van der Waals surface area contributed by atoms with Crippen LogP contribution in [-0.4, -0.2) is 80.2 Å². The molecule has 12 nitrogen and oxygen atoms in total. The molecule has 2 aliphatic carbocycles. The summed E-state index contributed by atoms with van der Waals surface area (Å²) in [6.45, 7) is 2.99. The molecule has 0 unspecified atom stereocenters. The van der Waals surface area contributed by atoms with Gasteiger partial charge >= 0.3 is 0 Å². The first-order chi connectivity index (χ1) is 18.4. The van der Waals surface area contributed by atoms with Gasteiger partial charge in [-0.1, -0.05) is 17.3 Å². The number of hydrogen-bond acceptors (Lipinski definition) is 12. The summed E-state index contributed by atoms with van der Waals surface area (Å²) in [6.07, 6.45) is -4.34. The van der Waals surface area contributed by atoms with Crippen LogP contribution in [0.5, 0.6) is 17.2 Å². The fourth-order valence-electron chi connectivity index (χ4n) is 5.76. The number of nitrogens with two attached hydrogens (primary N) is 1. The number of rotatable bonds is 4. The molecule has 0 radical (unpaired) electrons. The maximum Gasteiger partial charge on any atom is 0.202 e. The minimum absolute atomic E-state index is 0.00869. The van der Waals surface area contributed by atoms with E-state index in [0.717, 1.165) is 0 Å². The van der Waals surface area contributed by atoms with Crippen LogP contribution >= 0.6 is 0 Å². The highest BCUT2D eigenvalue weighted by molar-refractivity contribution is 6.31. The molecule has 0 amide bonds. The van der Waals surface area contributed by atoms with Gasteiger partial charge in [0.05, 0.1) is 47.8 Å². The Hall–Kier alpha value is -3.55. The molecule has 2 aromatic rings. The number of aromatic hydroxyl groups is 2. The lowest BCUT2D eigenvalue weighted by atomic mass is 9.72. The molecular weight excluding hydrogens is 512 g/mol.